The molecule has 0 heterocycles. The molecule has 6 nitrogen and oxygen atoms in total. The molecule has 6 heteroatoms. The minimum absolute atomic E-state index is 0.0290. The van der Waals surface area contributed by atoms with Crippen LogP contribution in [0, 0.1) is 0 Å². The molecule has 0 fully saturated rings. The zero-order chi connectivity index (χ0) is 17.5. The second-order valence-electron chi connectivity index (χ2n) is 4.79. The Morgan fingerprint density at radius 1 is 1.12 bits per heavy atom. The van der Waals surface area contributed by atoms with Gasteiger partial charge in [0.2, 0.25) is 0 Å². The Morgan fingerprint density at radius 3 is 2.54 bits per heavy atom. The van der Waals surface area contributed by atoms with E-state index in [2.05, 4.69) is 0 Å². The van der Waals surface area contributed by atoms with E-state index in [9.17, 15) is 14.7 Å². The van der Waals surface area contributed by atoms with Gasteiger partial charge in [-0.1, -0.05) is 18.2 Å². The molecule has 0 aromatic heterocycles. The molecule has 0 aliphatic rings. The molecule has 0 radical (unpaired) electrons. The minimum Gasteiger partial charge on any atom is -0.515 e. The van der Waals surface area contributed by atoms with Crippen molar-refractivity contribution in [1.29, 1.82) is 0 Å². The molecule has 0 atom stereocenters. The number of allylic oxidation sites excluding steroid dienone is 1. The average molecular weight is 328 g/mol. The summed E-state index contributed by atoms with van der Waals surface area (Å²) in [6, 6.07) is 11.1. The van der Waals surface area contributed by atoms with Crippen LogP contribution in [-0.4, -0.2) is 29.1 Å². The van der Waals surface area contributed by atoms with Crippen molar-refractivity contribution in [1.82, 2.24) is 0 Å². The Labute approximate surface area is 138 Å². The lowest BCUT2D eigenvalue weighted by Gasteiger charge is -2.12. The first-order valence-electron chi connectivity index (χ1n) is 7.04. The van der Waals surface area contributed by atoms with Gasteiger partial charge >= 0.3 is 5.97 Å². The molecule has 2 N–H and O–H groups in total. The van der Waals surface area contributed by atoms with Crippen LogP contribution in [0.25, 0.3) is 0 Å². The molecule has 124 valence electrons. The van der Waals surface area contributed by atoms with Gasteiger partial charge in [-0.05, 0) is 18.2 Å². The Kier molecular flexibility index (Phi) is 5.57. The molecular formula is C18H16O6. The number of aromatic carboxylic acids is 1. The van der Waals surface area contributed by atoms with Gasteiger partial charge in [0.05, 0.1) is 24.5 Å². The molecule has 0 bridgehead atoms. The SMILES string of the molecule is COc1ccc(C(=O)C=CO)c(OCc2ccccc2C(=O)O)c1. The molecule has 2 aromatic rings. The van der Waals surface area contributed by atoms with E-state index in [0.29, 0.717) is 17.6 Å². The van der Waals surface area contributed by atoms with E-state index in [1.807, 2.05) is 0 Å². The monoisotopic (exact) mass is 328 g/mol. The number of methoxy groups -OCH3 is 1. The van der Waals surface area contributed by atoms with E-state index in [0.717, 1.165) is 6.08 Å². The molecule has 0 aliphatic carbocycles. The van der Waals surface area contributed by atoms with Gasteiger partial charge in [0.15, 0.2) is 5.78 Å². The summed E-state index contributed by atoms with van der Waals surface area (Å²) in [5, 5.41) is 18.0. The van der Waals surface area contributed by atoms with Crippen molar-refractivity contribution >= 4 is 11.8 Å². The highest BCUT2D eigenvalue weighted by atomic mass is 16.5. The van der Waals surface area contributed by atoms with Crippen molar-refractivity contribution in [3.05, 3.63) is 71.5 Å². The maximum Gasteiger partial charge on any atom is 0.336 e. The van der Waals surface area contributed by atoms with Crippen LogP contribution < -0.4 is 9.47 Å². The Hall–Kier alpha value is -3.28. The van der Waals surface area contributed by atoms with Crippen molar-refractivity contribution < 1.29 is 29.3 Å². The van der Waals surface area contributed by atoms with Crippen LogP contribution in [0.1, 0.15) is 26.3 Å². The average Bonchev–Trinajstić information content (AvgIpc) is 2.60. The fraction of sp³-hybridized carbons (Fsp3) is 0.111. The number of carbonyl (C=O) groups is 2. The summed E-state index contributed by atoms with van der Waals surface area (Å²) < 4.78 is 10.8. The number of carbonyl (C=O) groups excluding carboxylic acids is 1. The van der Waals surface area contributed by atoms with E-state index in [1.165, 1.54) is 25.3 Å². The van der Waals surface area contributed by atoms with Gasteiger partial charge in [-0.2, -0.15) is 0 Å². The first-order valence-corrected chi connectivity index (χ1v) is 7.04. The predicted octanol–water partition coefficient (Wildman–Crippen LogP) is 3.23. The van der Waals surface area contributed by atoms with Crippen LogP contribution in [0.15, 0.2) is 54.8 Å². The van der Waals surface area contributed by atoms with Gasteiger partial charge in [0.25, 0.3) is 0 Å². The molecule has 0 saturated carbocycles. The predicted molar refractivity (Wildman–Crippen MR) is 86.8 cm³/mol. The summed E-state index contributed by atoms with van der Waals surface area (Å²) in [6.45, 7) is -0.0290. The molecule has 0 amide bonds. The highest BCUT2D eigenvalue weighted by molar-refractivity contribution is 6.06. The Bertz CT molecular complexity index is 779. The van der Waals surface area contributed by atoms with Gasteiger partial charge in [-0.15, -0.1) is 0 Å². The van der Waals surface area contributed by atoms with Crippen LogP contribution in [0.3, 0.4) is 0 Å². The first-order chi connectivity index (χ1) is 11.6. The number of aliphatic hydroxyl groups excluding tert-OH is 1. The number of rotatable bonds is 7. The van der Waals surface area contributed by atoms with Gasteiger partial charge < -0.3 is 19.7 Å². The number of carboxylic acid groups (broad SMARTS) is 1. The van der Waals surface area contributed by atoms with E-state index >= 15 is 0 Å². The maximum atomic E-state index is 12.0. The zero-order valence-corrected chi connectivity index (χ0v) is 12.9. The fourth-order valence-corrected chi connectivity index (χ4v) is 2.12. The molecule has 24 heavy (non-hydrogen) atoms. The number of aliphatic hydroxyl groups is 1. The number of carboxylic acids is 1. The third-order valence-corrected chi connectivity index (χ3v) is 3.31. The quantitative estimate of drug-likeness (QED) is 0.460. The summed E-state index contributed by atoms with van der Waals surface area (Å²) in [7, 11) is 1.48. The summed E-state index contributed by atoms with van der Waals surface area (Å²) in [5.74, 6) is -0.778. The minimum atomic E-state index is -1.06. The van der Waals surface area contributed by atoms with Crippen LogP contribution in [-0.2, 0) is 6.61 Å². The smallest absolute Gasteiger partial charge is 0.336 e. The van der Waals surface area contributed by atoms with Crippen LogP contribution >= 0.6 is 0 Å². The van der Waals surface area contributed by atoms with E-state index < -0.39 is 11.8 Å². The third-order valence-electron chi connectivity index (χ3n) is 3.31. The lowest BCUT2D eigenvalue weighted by atomic mass is 10.1. The number of ketones is 1. The lowest BCUT2D eigenvalue weighted by molar-refractivity contribution is 0.0693. The summed E-state index contributed by atoms with van der Waals surface area (Å²) in [6.07, 6.45) is 1.65. The number of benzene rings is 2. The molecule has 0 spiro atoms. The summed E-state index contributed by atoms with van der Waals surface area (Å²) in [4.78, 5) is 23.2. The van der Waals surface area contributed by atoms with Gasteiger partial charge in [-0.3, -0.25) is 4.79 Å². The number of hydrogen-bond acceptors (Lipinski definition) is 5. The highest BCUT2D eigenvalue weighted by Crippen LogP contribution is 2.27. The summed E-state index contributed by atoms with van der Waals surface area (Å²) in [5.41, 5.74) is 0.835. The highest BCUT2D eigenvalue weighted by Gasteiger charge is 2.14. The first kappa shape index (κ1) is 17.1. The molecule has 0 unspecified atom stereocenters. The van der Waals surface area contributed by atoms with Crippen molar-refractivity contribution in [3.63, 3.8) is 0 Å². The molecule has 0 aliphatic heterocycles. The van der Waals surface area contributed by atoms with Crippen LogP contribution in [0.2, 0.25) is 0 Å². The number of hydrogen-bond donors (Lipinski definition) is 2. The van der Waals surface area contributed by atoms with Gasteiger partial charge in [-0.25, -0.2) is 4.79 Å². The van der Waals surface area contributed by atoms with Crippen LogP contribution in [0.5, 0.6) is 11.5 Å². The van der Waals surface area contributed by atoms with Crippen LogP contribution in [0.4, 0.5) is 0 Å². The Balaban J connectivity index is 2.32. The second-order valence-corrected chi connectivity index (χ2v) is 4.79. The topological polar surface area (TPSA) is 93.1 Å². The van der Waals surface area contributed by atoms with Gasteiger partial charge in [0.1, 0.15) is 18.1 Å². The molecule has 0 saturated heterocycles. The van der Waals surface area contributed by atoms with E-state index in [4.69, 9.17) is 14.6 Å². The Morgan fingerprint density at radius 2 is 1.88 bits per heavy atom. The normalized spacial score (nSPS) is 10.5. The largest absolute Gasteiger partial charge is 0.515 e. The van der Waals surface area contributed by atoms with Gasteiger partial charge in [0, 0.05) is 17.7 Å². The molecular weight excluding hydrogens is 312 g/mol. The molecule has 2 aromatic carbocycles. The van der Waals surface area contributed by atoms with Crippen molar-refractivity contribution in [2.24, 2.45) is 0 Å². The second kappa shape index (κ2) is 7.82. The molecule has 2 rings (SSSR count). The lowest BCUT2D eigenvalue weighted by Crippen LogP contribution is -2.07. The van der Waals surface area contributed by atoms with Crippen molar-refractivity contribution in [2.75, 3.05) is 7.11 Å². The standard InChI is InChI=1S/C18H16O6/c1-23-13-6-7-15(16(20)8-9-19)17(10-13)24-11-12-4-2-3-5-14(12)18(21)22/h2-10,19H,11H2,1H3,(H,21,22). The fourth-order valence-electron chi connectivity index (χ4n) is 2.12. The summed E-state index contributed by atoms with van der Waals surface area (Å²) >= 11 is 0. The van der Waals surface area contributed by atoms with Crippen molar-refractivity contribution in [2.45, 2.75) is 6.61 Å². The van der Waals surface area contributed by atoms with E-state index in [1.54, 1.807) is 24.3 Å². The van der Waals surface area contributed by atoms with Crippen molar-refractivity contribution in [3.8, 4) is 11.5 Å². The maximum absolute atomic E-state index is 12.0. The van der Waals surface area contributed by atoms with E-state index in [-0.39, 0.29) is 23.5 Å². The third kappa shape index (κ3) is 3.92. The zero-order valence-electron chi connectivity index (χ0n) is 12.9. The number of ether oxygens (including phenoxy) is 2.